The summed E-state index contributed by atoms with van der Waals surface area (Å²) in [4.78, 5) is 31.8. The molecule has 1 N–H and O–H groups in total. The summed E-state index contributed by atoms with van der Waals surface area (Å²) >= 11 is 1.42. The molecule has 118 valence electrons. The number of nitrogens with zero attached hydrogens (tertiary/aromatic N) is 2. The molecule has 3 rings (SSSR count). The monoisotopic (exact) mass is 327 g/mol. The topological polar surface area (TPSA) is 62.3 Å². The minimum atomic E-state index is -0.660. The summed E-state index contributed by atoms with van der Waals surface area (Å²) in [5.74, 6) is -0.471. The van der Waals surface area contributed by atoms with E-state index in [9.17, 15) is 9.59 Å². The molecule has 0 bridgehead atoms. The Balaban J connectivity index is 1.81. The van der Waals surface area contributed by atoms with Gasteiger partial charge in [0.15, 0.2) is 5.13 Å². The van der Waals surface area contributed by atoms with Crippen LogP contribution in [0.5, 0.6) is 0 Å². The third-order valence-electron chi connectivity index (χ3n) is 4.00. The molecule has 1 aliphatic rings. The zero-order valence-corrected chi connectivity index (χ0v) is 14.0. The van der Waals surface area contributed by atoms with Gasteiger partial charge in [-0.2, -0.15) is 0 Å². The Hall–Kier alpha value is -2.47. The summed E-state index contributed by atoms with van der Waals surface area (Å²) in [5.41, 5.74) is 2.81. The van der Waals surface area contributed by atoms with Gasteiger partial charge in [0.2, 0.25) is 5.91 Å². The summed E-state index contributed by atoms with van der Waals surface area (Å²) in [6.07, 6.45) is 0. The van der Waals surface area contributed by atoms with Crippen molar-refractivity contribution in [3.63, 3.8) is 0 Å². The van der Waals surface area contributed by atoms with E-state index < -0.39 is 6.04 Å². The first-order valence-electron chi connectivity index (χ1n) is 7.27. The SMILES string of the molecule is C=C1c2ccccc2C(=O)N1C(C)C(=O)Nc1nc(C)c(C)s1. The molecule has 2 heterocycles. The Kier molecular flexibility index (Phi) is 3.77. The lowest BCUT2D eigenvalue weighted by atomic mass is 10.1. The lowest BCUT2D eigenvalue weighted by molar-refractivity contribution is -0.119. The lowest BCUT2D eigenvalue weighted by Crippen LogP contribution is -2.41. The average molecular weight is 327 g/mol. The summed E-state index contributed by atoms with van der Waals surface area (Å²) in [5, 5.41) is 3.33. The van der Waals surface area contributed by atoms with Gasteiger partial charge in [-0.05, 0) is 26.8 Å². The number of hydrogen-bond acceptors (Lipinski definition) is 4. The van der Waals surface area contributed by atoms with Crippen molar-refractivity contribution in [3.8, 4) is 0 Å². The lowest BCUT2D eigenvalue weighted by Gasteiger charge is -2.24. The summed E-state index contributed by atoms with van der Waals surface area (Å²) < 4.78 is 0. The van der Waals surface area contributed by atoms with E-state index in [1.165, 1.54) is 16.2 Å². The molecule has 6 heteroatoms. The summed E-state index contributed by atoms with van der Waals surface area (Å²) in [7, 11) is 0. The van der Waals surface area contributed by atoms with Crippen molar-refractivity contribution in [3.05, 3.63) is 52.5 Å². The van der Waals surface area contributed by atoms with Crippen LogP contribution in [0.2, 0.25) is 0 Å². The number of aryl methyl sites for hydroxylation is 2. The van der Waals surface area contributed by atoms with Gasteiger partial charge < -0.3 is 5.32 Å². The molecule has 0 aliphatic carbocycles. The van der Waals surface area contributed by atoms with E-state index in [2.05, 4.69) is 16.9 Å². The first-order chi connectivity index (χ1) is 10.9. The van der Waals surface area contributed by atoms with Crippen molar-refractivity contribution in [1.82, 2.24) is 9.88 Å². The molecular weight excluding hydrogens is 310 g/mol. The minimum Gasteiger partial charge on any atom is -0.300 e. The van der Waals surface area contributed by atoms with E-state index in [4.69, 9.17) is 0 Å². The van der Waals surface area contributed by atoms with Crippen LogP contribution in [0.4, 0.5) is 5.13 Å². The van der Waals surface area contributed by atoms with E-state index in [1.807, 2.05) is 26.0 Å². The molecule has 23 heavy (non-hydrogen) atoms. The van der Waals surface area contributed by atoms with E-state index in [0.29, 0.717) is 16.4 Å². The molecule has 0 radical (unpaired) electrons. The Bertz CT molecular complexity index is 770. The Morgan fingerprint density at radius 3 is 2.52 bits per heavy atom. The van der Waals surface area contributed by atoms with Crippen LogP contribution in [0, 0.1) is 13.8 Å². The van der Waals surface area contributed by atoms with Gasteiger partial charge >= 0.3 is 0 Å². The predicted molar refractivity (Wildman–Crippen MR) is 91.3 cm³/mol. The highest BCUT2D eigenvalue weighted by Gasteiger charge is 2.36. The number of nitrogens with one attached hydrogen (secondary N) is 1. The second-order valence-corrected chi connectivity index (χ2v) is 6.70. The maximum Gasteiger partial charge on any atom is 0.259 e. The van der Waals surface area contributed by atoms with Crippen LogP contribution in [0.15, 0.2) is 30.8 Å². The average Bonchev–Trinajstić information content (AvgIpc) is 2.97. The molecule has 1 atom stereocenters. The molecule has 1 aromatic heterocycles. The fourth-order valence-electron chi connectivity index (χ4n) is 2.57. The van der Waals surface area contributed by atoms with Gasteiger partial charge in [-0.1, -0.05) is 24.8 Å². The van der Waals surface area contributed by atoms with E-state index >= 15 is 0 Å². The Morgan fingerprint density at radius 1 is 1.30 bits per heavy atom. The number of anilines is 1. The first kappa shape index (κ1) is 15.4. The Morgan fingerprint density at radius 2 is 1.96 bits per heavy atom. The van der Waals surface area contributed by atoms with Crippen molar-refractivity contribution in [2.45, 2.75) is 26.8 Å². The number of thiazole rings is 1. The van der Waals surface area contributed by atoms with Crippen LogP contribution in [0.3, 0.4) is 0 Å². The number of fused-ring (bicyclic) bond motifs is 1. The van der Waals surface area contributed by atoms with E-state index in [0.717, 1.165) is 16.1 Å². The van der Waals surface area contributed by atoms with E-state index in [1.54, 1.807) is 19.1 Å². The number of benzene rings is 1. The van der Waals surface area contributed by atoms with Gasteiger partial charge in [-0.25, -0.2) is 4.98 Å². The van der Waals surface area contributed by atoms with Gasteiger partial charge in [0.1, 0.15) is 6.04 Å². The number of hydrogen-bond donors (Lipinski definition) is 1. The molecule has 1 aromatic carbocycles. The second-order valence-electron chi connectivity index (χ2n) is 5.49. The smallest absolute Gasteiger partial charge is 0.259 e. The van der Waals surface area contributed by atoms with Crippen molar-refractivity contribution in [2.24, 2.45) is 0 Å². The maximum absolute atomic E-state index is 12.5. The number of aromatic nitrogens is 1. The van der Waals surface area contributed by atoms with Crippen molar-refractivity contribution in [2.75, 3.05) is 5.32 Å². The van der Waals surface area contributed by atoms with Crippen LogP contribution >= 0.6 is 11.3 Å². The molecule has 1 aliphatic heterocycles. The molecule has 0 saturated carbocycles. The highest BCUT2D eigenvalue weighted by molar-refractivity contribution is 7.15. The number of carbonyl (C=O) groups excluding carboxylic acids is 2. The molecule has 2 amide bonds. The van der Waals surface area contributed by atoms with Gasteiger partial charge in [0.25, 0.3) is 5.91 Å². The van der Waals surface area contributed by atoms with Crippen LogP contribution in [-0.4, -0.2) is 27.7 Å². The van der Waals surface area contributed by atoms with Crippen molar-refractivity contribution >= 4 is 34.0 Å². The van der Waals surface area contributed by atoms with Crippen LogP contribution in [-0.2, 0) is 4.79 Å². The molecule has 0 fully saturated rings. The molecule has 1 unspecified atom stereocenters. The van der Waals surface area contributed by atoms with Crippen LogP contribution in [0.25, 0.3) is 5.70 Å². The minimum absolute atomic E-state index is 0.195. The Labute approximate surface area is 138 Å². The number of amides is 2. The standard InChI is InChI=1S/C17H17N3O2S/c1-9-12(4)23-17(18-9)19-15(21)11(3)20-10(2)13-7-5-6-8-14(13)16(20)22/h5-8,11H,2H2,1,3-4H3,(H,18,19,21). The molecule has 0 spiro atoms. The van der Waals surface area contributed by atoms with Gasteiger partial charge in [-0.15, -0.1) is 11.3 Å². The van der Waals surface area contributed by atoms with Crippen molar-refractivity contribution < 1.29 is 9.59 Å². The number of rotatable bonds is 3. The largest absolute Gasteiger partial charge is 0.300 e. The molecular formula is C17H17N3O2S. The van der Waals surface area contributed by atoms with Gasteiger partial charge in [-0.3, -0.25) is 14.5 Å². The van der Waals surface area contributed by atoms with E-state index in [-0.39, 0.29) is 11.8 Å². The third kappa shape index (κ3) is 2.55. The van der Waals surface area contributed by atoms with Crippen LogP contribution < -0.4 is 5.32 Å². The highest BCUT2D eigenvalue weighted by atomic mass is 32.1. The zero-order chi connectivity index (χ0) is 16.7. The molecule has 2 aromatic rings. The molecule has 0 saturated heterocycles. The maximum atomic E-state index is 12.5. The van der Waals surface area contributed by atoms with Crippen molar-refractivity contribution in [1.29, 1.82) is 0 Å². The van der Waals surface area contributed by atoms with Gasteiger partial charge in [0, 0.05) is 21.7 Å². The zero-order valence-electron chi connectivity index (χ0n) is 13.2. The fraction of sp³-hybridized carbons (Fsp3) is 0.235. The predicted octanol–water partition coefficient (Wildman–Crippen LogP) is 3.21. The third-order valence-corrected chi connectivity index (χ3v) is 4.99. The normalized spacial score (nSPS) is 14.8. The highest BCUT2D eigenvalue weighted by Crippen LogP contribution is 2.33. The summed E-state index contributed by atoms with van der Waals surface area (Å²) in [6, 6.07) is 6.59. The molecule has 5 nitrogen and oxygen atoms in total. The quantitative estimate of drug-likeness (QED) is 0.941. The second kappa shape index (κ2) is 5.62. The summed E-state index contributed by atoms with van der Waals surface area (Å²) in [6.45, 7) is 9.51. The number of carbonyl (C=O) groups is 2. The fourth-order valence-corrected chi connectivity index (χ4v) is 3.38. The van der Waals surface area contributed by atoms with Gasteiger partial charge in [0.05, 0.1) is 5.69 Å². The first-order valence-corrected chi connectivity index (χ1v) is 8.08. The van der Waals surface area contributed by atoms with Crippen LogP contribution in [0.1, 0.15) is 33.4 Å².